The molecule has 6 aromatic rings. The van der Waals surface area contributed by atoms with E-state index in [4.69, 9.17) is 11.6 Å². The Hall–Kier alpha value is -4.94. The van der Waals surface area contributed by atoms with Crippen molar-refractivity contribution in [1.82, 2.24) is 19.0 Å². The lowest BCUT2D eigenvalue weighted by Crippen LogP contribution is -2.36. The summed E-state index contributed by atoms with van der Waals surface area (Å²) in [5.41, 5.74) is 1.73. The van der Waals surface area contributed by atoms with Crippen molar-refractivity contribution in [1.29, 1.82) is 0 Å². The summed E-state index contributed by atoms with van der Waals surface area (Å²) < 4.78 is 71.0. The number of carbonyl (C=O) groups is 1. The Labute approximate surface area is 292 Å². The SMILES string of the molecule is O=C(Cn1c(SCc2cccc(F)c2F)cc(=O)c2ccccc21)N(CCn1cnc(Cl)c1)Cc1ccc(-c2ccc(C(F)(F)F)cc2)cc1. The topological polar surface area (TPSA) is 60.1 Å². The van der Waals surface area contributed by atoms with E-state index in [2.05, 4.69) is 4.98 Å². The number of aromatic nitrogens is 3. The number of pyridine rings is 1. The number of imidazole rings is 1. The zero-order valence-electron chi connectivity index (χ0n) is 26.2. The molecule has 0 bridgehead atoms. The third-order valence-corrected chi connectivity index (χ3v) is 9.42. The van der Waals surface area contributed by atoms with E-state index in [-0.39, 0.29) is 42.3 Å². The van der Waals surface area contributed by atoms with E-state index in [1.807, 2.05) is 12.1 Å². The fourth-order valence-corrected chi connectivity index (χ4v) is 6.70. The molecule has 1 amide bonds. The maximum Gasteiger partial charge on any atom is 0.416 e. The van der Waals surface area contributed by atoms with E-state index in [1.54, 1.807) is 63.0 Å². The first-order chi connectivity index (χ1) is 24.0. The second-order valence-corrected chi connectivity index (χ2v) is 12.9. The lowest BCUT2D eigenvalue weighted by atomic mass is 10.0. The highest BCUT2D eigenvalue weighted by atomic mass is 35.5. The molecule has 0 aliphatic heterocycles. The van der Waals surface area contributed by atoms with Crippen molar-refractivity contribution in [3.63, 3.8) is 0 Å². The number of hydrogen-bond donors (Lipinski definition) is 0. The molecule has 0 radical (unpaired) electrons. The van der Waals surface area contributed by atoms with Gasteiger partial charge in [-0.2, -0.15) is 13.2 Å². The molecule has 0 spiro atoms. The number of fused-ring (bicyclic) bond motifs is 1. The molecule has 6 nitrogen and oxygen atoms in total. The van der Waals surface area contributed by atoms with Crippen LogP contribution < -0.4 is 5.43 Å². The summed E-state index contributed by atoms with van der Waals surface area (Å²) >= 11 is 7.13. The zero-order valence-corrected chi connectivity index (χ0v) is 27.8. The average Bonchev–Trinajstić information content (AvgIpc) is 3.53. The molecule has 0 atom stereocenters. The predicted octanol–water partition coefficient (Wildman–Crippen LogP) is 8.84. The molecule has 0 aliphatic carbocycles. The summed E-state index contributed by atoms with van der Waals surface area (Å²) in [6.45, 7) is 0.675. The van der Waals surface area contributed by atoms with E-state index in [1.165, 1.54) is 30.3 Å². The van der Waals surface area contributed by atoms with Gasteiger partial charge in [0.2, 0.25) is 5.91 Å². The standard InChI is InChI=1S/C37H28ClF5N4O2S/c38-33-20-45(23-44-33)16-17-46(19-24-8-10-25(11-9-24)26-12-14-28(15-13-26)37(41,42)43)34(49)21-47-31-7-2-1-5-29(31)32(48)18-35(47)50-22-27-4-3-6-30(39)36(27)40/h1-15,18,20,23H,16-17,19,21-22H2. The number of benzene rings is 4. The van der Waals surface area contributed by atoms with Crippen molar-refractivity contribution >= 4 is 40.2 Å². The maximum atomic E-state index is 14.5. The minimum atomic E-state index is -4.43. The second kappa shape index (κ2) is 14.9. The van der Waals surface area contributed by atoms with Crippen LogP contribution in [0.15, 0.2) is 119 Å². The molecule has 0 saturated heterocycles. The third-order valence-electron chi connectivity index (χ3n) is 8.14. The van der Waals surface area contributed by atoms with Gasteiger partial charge in [-0.05, 0) is 47.0 Å². The molecule has 256 valence electrons. The van der Waals surface area contributed by atoms with Gasteiger partial charge in [-0.3, -0.25) is 9.59 Å². The first kappa shape index (κ1) is 34.9. The van der Waals surface area contributed by atoms with Gasteiger partial charge in [0.25, 0.3) is 0 Å². The van der Waals surface area contributed by atoms with Crippen LogP contribution in [0.2, 0.25) is 5.15 Å². The van der Waals surface area contributed by atoms with Gasteiger partial charge in [-0.1, -0.05) is 72.3 Å². The van der Waals surface area contributed by atoms with Crippen LogP contribution in [-0.2, 0) is 36.4 Å². The average molecular weight is 723 g/mol. The Balaban J connectivity index is 1.28. The number of rotatable bonds is 11. The number of hydrogen-bond acceptors (Lipinski definition) is 4. The highest BCUT2D eigenvalue weighted by molar-refractivity contribution is 7.98. The molecular formula is C37H28ClF5N4O2S. The van der Waals surface area contributed by atoms with Crippen LogP contribution in [0.3, 0.4) is 0 Å². The van der Waals surface area contributed by atoms with Crippen LogP contribution >= 0.6 is 23.4 Å². The summed E-state index contributed by atoms with van der Waals surface area (Å²) in [5.74, 6) is -2.21. The number of para-hydroxylation sites is 1. The first-order valence-electron chi connectivity index (χ1n) is 15.4. The Bertz CT molecular complexity index is 2200. The van der Waals surface area contributed by atoms with Crippen molar-refractivity contribution in [2.24, 2.45) is 0 Å². The predicted molar refractivity (Wildman–Crippen MR) is 184 cm³/mol. The fraction of sp³-hybridized carbons (Fsp3) is 0.162. The summed E-state index contributed by atoms with van der Waals surface area (Å²) in [4.78, 5) is 32.9. The van der Waals surface area contributed by atoms with Crippen molar-refractivity contribution in [2.45, 2.75) is 36.6 Å². The molecule has 13 heteroatoms. The monoisotopic (exact) mass is 722 g/mol. The number of amides is 1. The molecule has 6 rings (SSSR count). The highest BCUT2D eigenvalue weighted by Gasteiger charge is 2.30. The van der Waals surface area contributed by atoms with Crippen molar-refractivity contribution in [2.75, 3.05) is 6.54 Å². The summed E-state index contributed by atoms with van der Waals surface area (Å²) in [5, 5.41) is 1.12. The molecule has 0 N–H and O–H groups in total. The minimum Gasteiger partial charge on any atom is -0.335 e. The van der Waals surface area contributed by atoms with E-state index in [9.17, 15) is 31.5 Å². The molecule has 4 aromatic carbocycles. The van der Waals surface area contributed by atoms with Gasteiger partial charge in [0.1, 0.15) is 11.7 Å². The molecule has 0 saturated carbocycles. The van der Waals surface area contributed by atoms with Gasteiger partial charge >= 0.3 is 6.18 Å². The van der Waals surface area contributed by atoms with Crippen LogP contribution in [0.25, 0.3) is 22.0 Å². The smallest absolute Gasteiger partial charge is 0.335 e. The lowest BCUT2D eigenvalue weighted by molar-refractivity contribution is -0.137. The van der Waals surface area contributed by atoms with Gasteiger partial charge in [0, 0.05) is 48.6 Å². The van der Waals surface area contributed by atoms with Crippen LogP contribution in [0.1, 0.15) is 16.7 Å². The Morgan fingerprint density at radius 2 is 1.60 bits per heavy atom. The van der Waals surface area contributed by atoms with Gasteiger partial charge < -0.3 is 14.0 Å². The third kappa shape index (κ3) is 8.09. The summed E-state index contributed by atoms with van der Waals surface area (Å²) in [6, 6.07) is 24.3. The minimum absolute atomic E-state index is 0.0198. The highest BCUT2D eigenvalue weighted by Crippen LogP contribution is 2.31. The van der Waals surface area contributed by atoms with Crippen LogP contribution in [0.5, 0.6) is 0 Å². The Morgan fingerprint density at radius 3 is 2.28 bits per heavy atom. The van der Waals surface area contributed by atoms with E-state index in [0.29, 0.717) is 38.8 Å². The zero-order chi connectivity index (χ0) is 35.4. The molecular weight excluding hydrogens is 695 g/mol. The van der Waals surface area contributed by atoms with Gasteiger partial charge in [-0.15, -0.1) is 11.8 Å². The lowest BCUT2D eigenvalue weighted by Gasteiger charge is -2.25. The number of thioether (sulfide) groups is 1. The molecule has 2 aromatic heterocycles. The van der Waals surface area contributed by atoms with Crippen LogP contribution in [0, 0.1) is 11.6 Å². The Morgan fingerprint density at radius 1 is 0.900 bits per heavy atom. The first-order valence-corrected chi connectivity index (χ1v) is 16.7. The largest absolute Gasteiger partial charge is 0.416 e. The normalized spacial score (nSPS) is 11.6. The van der Waals surface area contributed by atoms with Crippen molar-refractivity contribution in [3.05, 3.63) is 153 Å². The number of halogens is 6. The van der Waals surface area contributed by atoms with Crippen LogP contribution in [-0.4, -0.2) is 31.5 Å². The maximum absolute atomic E-state index is 14.5. The molecule has 0 aliphatic rings. The number of carbonyl (C=O) groups excluding carboxylic acids is 1. The van der Waals surface area contributed by atoms with Crippen molar-refractivity contribution in [3.8, 4) is 11.1 Å². The van der Waals surface area contributed by atoms with Gasteiger partial charge in [-0.25, -0.2) is 13.8 Å². The Kier molecular flexibility index (Phi) is 10.4. The second-order valence-electron chi connectivity index (χ2n) is 11.5. The fourth-order valence-electron chi connectivity index (χ4n) is 5.49. The van der Waals surface area contributed by atoms with E-state index < -0.39 is 23.4 Å². The van der Waals surface area contributed by atoms with Gasteiger partial charge in [0.15, 0.2) is 17.1 Å². The summed E-state index contributed by atoms with van der Waals surface area (Å²) in [6.07, 6.45) is -1.24. The molecule has 0 fully saturated rings. The van der Waals surface area contributed by atoms with Crippen LogP contribution in [0.4, 0.5) is 22.0 Å². The quantitative estimate of drug-likeness (QED) is 0.0991. The van der Waals surface area contributed by atoms with Gasteiger partial charge in [0.05, 0.1) is 22.4 Å². The van der Waals surface area contributed by atoms with E-state index in [0.717, 1.165) is 35.5 Å². The molecule has 50 heavy (non-hydrogen) atoms. The van der Waals surface area contributed by atoms with E-state index >= 15 is 0 Å². The van der Waals surface area contributed by atoms with Crippen molar-refractivity contribution < 1.29 is 26.7 Å². The molecule has 0 unspecified atom stereocenters. The number of alkyl halides is 3. The molecule has 2 heterocycles. The number of nitrogens with zero attached hydrogens (tertiary/aromatic N) is 4. The summed E-state index contributed by atoms with van der Waals surface area (Å²) in [7, 11) is 0.